The minimum atomic E-state index is -3.04. The van der Waals surface area contributed by atoms with E-state index in [1.807, 2.05) is 13.8 Å². The molecule has 0 aliphatic rings. The average molecular weight is 341 g/mol. The molecule has 1 unspecified atom stereocenters. The number of anilines is 1. The first-order valence-electron chi connectivity index (χ1n) is 6.26. The van der Waals surface area contributed by atoms with Gasteiger partial charge in [0.05, 0.1) is 16.1 Å². The maximum atomic E-state index is 12.2. The normalized spacial score (nSPS) is 13.9. The molecule has 2 atom stereocenters. The summed E-state index contributed by atoms with van der Waals surface area (Å²) in [6.07, 6.45) is 0.747. The fourth-order valence-corrected chi connectivity index (χ4v) is 2.15. The van der Waals surface area contributed by atoms with Crippen LogP contribution in [0.25, 0.3) is 0 Å². The summed E-state index contributed by atoms with van der Waals surface area (Å²) in [5, 5.41) is 2.28. The number of carbonyl (C=O) groups is 1. The molecule has 0 saturated heterocycles. The van der Waals surface area contributed by atoms with Gasteiger partial charge in [-0.3, -0.25) is 4.79 Å². The molecule has 4 nitrogen and oxygen atoms in total. The van der Waals surface area contributed by atoms with Crippen LogP contribution in [0.5, 0.6) is 5.75 Å². The van der Waals surface area contributed by atoms with Crippen LogP contribution in [0.3, 0.4) is 0 Å². The number of rotatable bonds is 6. The molecule has 8 heteroatoms. The lowest BCUT2D eigenvalue weighted by Crippen LogP contribution is -2.40. The van der Waals surface area contributed by atoms with Crippen LogP contribution >= 0.6 is 23.2 Å². The Kier molecular flexibility index (Phi) is 6.64. The molecule has 1 aromatic carbocycles. The third-order valence-electron chi connectivity index (χ3n) is 3.03. The van der Waals surface area contributed by atoms with E-state index in [1.54, 1.807) is 0 Å². The molecule has 1 amide bonds. The predicted octanol–water partition coefficient (Wildman–Crippen LogP) is 3.91. The summed E-state index contributed by atoms with van der Waals surface area (Å²) in [7, 11) is 0. The van der Waals surface area contributed by atoms with Crippen LogP contribution in [0.2, 0.25) is 10.0 Å². The Morgan fingerprint density at radius 2 is 1.90 bits per heavy atom. The van der Waals surface area contributed by atoms with Gasteiger partial charge in [0.25, 0.3) is 0 Å². The second-order valence-electron chi connectivity index (χ2n) is 4.55. The highest BCUT2D eigenvalue weighted by Gasteiger charge is 2.21. The summed E-state index contributed by atoms with van der Waals surface area (Å²) in [4.78, 5) is 11.9. The molecule has 1 aromatic rings. The van der Waals surface area contributed by atoms with Crippen LogP contribution in [-0.2, 0) is 4.79 Å². The number of hydrogen-bond acceptors (Lipinski definition) is 3. The first-order valence-corrected chi connectivity index (χ1v) is 7.02. The Hall–Kier alpha value is -1.11. The summed E-state index contributed by atoms with van der Waals surface area (Å²) in [6.45, 7) is 0.727. The molecule has 3 N–H and O–H groups in total. The zero-order valence-corrected chi connectivity index (χ0v) is 13.0. The molecule has 0 spiro atoms. The van der Waals surface area contributed by atoms with Crippen LogP contribution < -0.4 is 15.8 Å². The number of ether oxygens (including phenoxy) is 1. The SMILES string of the molecule is CCC(C)[C@H](N)C(=O)Nc1cc(Cl)c(OC(F)F)c(Cl)c1. The lowest BCUT2D eigenvalue weighted by atomic mass is 9.99. The molecule has 0 aliphatic heterocycles. The lowest BCUT2D eigenvalue weighted by molar-refractivity contribution is -0.118. The molecule has 0 aromatic heterocycles. The zero-order chi connectivity index (χ0) is 16.2. The molecular formula is C13H16Cl2F2N2O2. The van der Waals surface area contributed by atoms with E-state index < -0.39 is 18.6 Å². The number of nitrogens with one attached hydrogen (secondary N) is 1. The third-order valence-corrected chi connectivity index (χ3v) is 3.59. The van der Waals surface area contributed by atoms with Gasteiger partial charge in [-0.05, 0) is 18.1 Å². The van der Waals surface area contributed by atoms with E-state index in [0.29, 0.717) is 0 Å². The fraction of sp³-hybridized carbons (Fsp3) is 0.462. The van der Waals surface area contributed by atoms with Crippen molar-refractivity contribution < 1.29 is 18.3 Å². The highest BCUT2D eigenvalue weighted by Crippen LogP contribution is 2.37. The Labute approximate surface area is 131 Å². The van der Waals surface area contributed by atoms with Crippen LogP contribution in [0, 0.1) is 5.92 Å². The number of alkyl halides is 2. The van der Waals surface area contributed by atoms with Crippen molar-refractivity contribution in [3.63, 3.8) is 0 Å². The van der Waals surface area contributed by atoms with Gasteiger partial charge in [-0.1, -0.05) is 43.5 Å². The van der Waals surface area contributed by atoms with Crippen molar-refractivity contribution >= 4 is 34.8 Å². The Morgan fingerprint density at radius 3 is 2.33 bits per heavy atom. The van der Waals surface area contributed by atoms with Gasteiger partial charge in [0.2, 0.25) is 5.91 Å². The summed E-state index contributed by atoms with van der Waals surface area (Å²) in [6, 6.07) is 1.85. The third kappa shape index (κ3) is 4.98. The summed E-state index contributed by atoms with van der Waals surface area (Å²) < 4.78 is 28.6. The average Bonchev–Trinajstić information content (AvgIpc) is 2.40. The van der Waals surface area contributed by atoms with E-state index in [-0.39, 0.29) is 27.4 Å². The molecule has 0 aliphatic carbocycles. The summed E-state index contributed by atoms with van der Waals surface area (Å²) >= 11 is 11.6. The molecule has 118 valence electrons. The Balaban J connectivity index is 2.89. The van der Waals surface area contributed by atoms with Gasteiger partial charge >= 0.3 is 6.61 Å². The van der Waals surface area contributed by atoms with Crippen molar-refractivity contribution in [3.8, 4) is 5.75 Å². The number of amides is 1. The number of hydrogen-bond donors (Lipinski definition) is 2. The molecule has 0 bridgehead atoms. The van der Waals surface area contributed by atoms with E-state index in [1.165, 1.54) is 12.1 Å². The topological polar surface area (TPSA) is 64.4 Å². The highest BCUT2D eigenvalue weighted by atomic mass is 35.5. The van der Waals surface area contributed by atoms with E-state index in [4.69, 9.17) is 28.9 Å². The standard InChI is InChI=1S/C13H16Cl2F2N2O2/c1-3-6(2)10(18)12(20)19-7-4-8(14)11(9(15)5-7)21-13(16)17/h4-6,10,13H,3,18H2,1-2H3,(H,19,20)/t6?,10-/m0/s1. The highest BCUT2D eigenvalue weighted by molar-refractivity contribution is 6.37. The first kappa shape index (κ1) is 17.9. The van der Waals surface area contributed by atoms with Crippen molar-refractivity contribution in [3.05, 3.63) is 22.2 Å². The molecule has 0 fully saturated rings. The van der Waals surface area contributed by atoms with E-state index in [0.717, 1.165) is 6.42 Å². The minimum absolute atomic E-state index is 0.00242. The van der Waals surface area contributed by atoms with Crippen LogP contribution in [0.4, 0.5) is 14.5 Å². The van der Waals surface area contributed by atoms with Crippen LogP contribution in [0.15, 0.2) is 12.1 Å². The summed E-state index contributed by atoms with van der Waals surface area (Å²) in [5.41, 5.74) is 6.05. The molecule has 21 heavy (non-hydrogen) atoms. The fourth-order valence-electron chi connectivity index (χ4n) is 1.57. The van der Waals surface area contributed by atoms with Gasteiger partial charge in [0.15, 0.2) is 5.75 Å². The maximum absolute atomic E-state index is 12.2. The van der Waals surface area contributed by atoms with Crippen LogP contribution in [-0.4, -0.2) is 18.6 Å². The van der Waals surface area contributed by atoms with Crippen molar-refractivity contribution in [1.82, 2.24) is 0 Å². The minimum Gasteiger partial charge on any atom is -0.432 e. The number of nitrogens with two attached hydrogens (primary N) is 1. The largest absolute Gasteiger partial charge is 0.432 e. The van der Waals surface area contributed by atoms with Gasteiger partial charge in [0, 0.05) is 5.69 Å². The lowest BCUT2D eigenvalue weighted by Gasteiger charge is -2.18. The van der Waals surface area contributed by atoms with Crippen molar-refractivity contribution in [2.45, 2.75) is 32.9 Å². The van der Waals surface area contributed by atoms with Gasteiger partial charge < -0.3 is 15.8 Å². The van der Waals surface area contributed by atoms with Gasteiger partial charge in [-0.15, -0.1) is 0 Å². The van der Waals surface area contributed by atoms with E-state index >= 15 is 0 Å². The Morgan fingerprint density at radius 1 is 1.38 bits per heavy atom. The molecule has 1 rings (SSSR count). The second-order valence-corrected chi connectivity index (χ2v) is 5.36. The van der Waals surface area contributed by atoms with Crippen molar-refractivity contribution in [2.24, 2.45) is 11.7 Å². The van der Waals surface area contributed by atoms with Crippen LogP contribution in [0.1, 0.15) is 20.3 Å². The molecule has 0 radical (unpaired) electrons. The molecule has 0 saturated carbocycles. The van der Waals surface area contributed by atoms with Gasteiger partial charge in [0.1, 0.15) is 0 Å². The van der Waals surface area contributed by atoms with E-state index in [9.17, 15) is 13.6 Å². The smallest absolute Gasteiger partial charge is 0.387 e. The predicted molar refractivity (Wildman–Crippen MR) is 79.2 cm³/mol. The molecule has 0 heterocycles. The first-order chi connectivity index (χ1) is 9.76. The quantitative estimate of drug-likeness (QED) is 0.825. The van der Waals surface area contributed by atoms with E-state index in [2.05, 4.69) is 10.1 Å². The van der Waals surface area contributed by atoms with Crippen molar-refractivity contribution in [1.29, 1.82) is 0 Å². The van der Waals surface area contributed by atoms with Gasteiger partial charge in [-0.25, -0.2) is 0 Å². The number of benzene rings is 1. The summed E-state index contributed by atoms with van der Waals surface area (Å²) in [5.74, 6) is -0.742. The second kappa shape index (κ2) is 7.77. The molecular weight excluding hydrogens is 325 g/mol. The van der Waals surface area contributed by atoms with Crippen molar-refractivity contribution in [2.75, 3.05) is 5.32 Å². The number of halogens is 4. The van der Waals surface area contributed by atoms with Gasteiger partial charge in [-0.2, -0.15) is 8.78 Å². The maximum Gasteiger partial charge on any atom is 0.387 e. The monoisotopic (exact) mass is 340 g/mol. The Bertz CT molecular complexity index is 492. The number of carbonyl (C=O) groups excluding carboxylic acids is 1. The zero-order valence-electron chi connectivity index (χ0n) is 11.5.